The van der Waals surface area contributed by atoms with Gasteiger partial charge in [-0.25, -0.2) is 0 Å². The van der Waals surface area contributed by atoms with E-state index >= 15 is 0 Å². The topological polar surface area (TPSA) is 16.4 Å². The third-order valence-corrected chi connectivity index (χ3v) is 11.3. The van der Waals surface area contributed by atoms with Gasteiger partial charge in [-0.05, 0) is 110 Å². The number of hydrogen-bond donors (Lipinski definition) is 0. The molecule has 0 atom stereocenters. The first-order chi connectivity index (χ1) is 26.3. The van der Waals surface area contributed by atoms with Gasteiger partial charge in [0.15, 0.2) is 0 Å². The fraction of sp³-hybridized carbons (Fsp3) is 0.0196. The third-order valence-electron chi connectivity index (χ3n) is 11.3. The largest absolute Gasteiger partial charge is 0.456 e. The Hall–Kier alpha value is -6.90. The highest BCUT2D eigenvalue weighted by molar-refractivity contribution is 6.17. The highest BCUT2D eigenvalue weighted by Crippen LogP contribution is 2.57. The van der Waals surface area contributed by atoms with E-state index in [1.807, 2.05) is 12.1 Å². The van der Waals surface area contributed by atoms with Gasteiger partial charge in [0.1, 0.15) is 11.2 Å². The van der Waals surface area contributed by atoms with E-state index in [-0.39, 0.29) is 0 Å². The first-order valence-electron chi connectivity index (χ1n) is 18.3. The minimum Gasteiger partial charge on any atom is -0.456 e. The number of hydrogen-bond acceptors (Lipinski definition) is 2. The summed E-state index contributed by atoms with van der Waals surface area (Å²) in [6.07, 6.45) is 0. The summed E-state index contributed by atoms with van der Waals surface area (Å²) in [7, 11) is 0. The molecular formula is C51H33NO. The van der Waals surface area contributed by atoms with E-state index in [0.717, 1.165) is 39.0 Å². The average Bonchev–Trinajstić information content (AvgIpc) is 3.74. The Bertz CT molecular complexity index is 2960. The molecule has 248 valence electrons. The predicted octanol–water partition coefficient (Wildman–Crippen LogP) is 13.7. The predicted molar refractivity (Wildman–Crippen MR) is 221 cm³/mol. The zero-order valence-electron chi connectivity index (χ0n) is 28.9. The van der Waals surface area contributed by atoms with E-state index in [0.29, 0.717) is 0 Å². The molecule has 9 aromatic carbocycles. The zero-order chi connectivity index (χ0) is 34.9. The molecule has 0 aliphatic heterocycles. The van der Waals surface area contributed by atoms with Crippen LogP contribution in [0.1, 0.15) is 22.3 Å². The van der Waals surface area contributed by atoms with E-state index < -0.39 is 5.41 Å². The van der Waals surface area contributed by atoms with Crippen LogP contribution in [0.25, 0.3) is 54.6 Å². The molecule has 0 spiro atoms. The zero-order valence-corrected chi connectivity index (χ0v) is 28.9. The maximum Gasteiger partial charge on any atom is 0.136 e. The lowest BCUT2D eigenvalue weighted by atomic mass is 9.67. The van der Waals surface area contributed by atoms with Gasteiger partial charge in [-0.2, -0.15) is 0 Å². The number of fused-ring (bicyclic) bond motifs is 9. The Labute approximate surface area is 307 Å². The smallest absolute Gasteiger partial charge is 0.136 e. The first kappa shape index (κ1) is 29.8. The van der Waals surface area contributed by atoms with Crippen LogP contribution in [0.15, 0.2) is 205 Å². The molecule has 0 saturated carbocycles. The van der Waals surface area contributed by atoms with Crippen molar-refractivity contribution in [2.45, 2.75) is 5.41 Å². The summed E-state index contributed by atoms with van der Waals surface area (Å²) in [5, 5.41) is 7.08. The van der Waals surface area contributed by atoms with Crippen LogP contribution in [0.2, 0.25) is 0 Å². The molecule has 0 amide bonds. The van der Waals surface area contributed by atoms with Crippen molar-refractivity contribution in [2.75, 3.05) is 4.90 Å². The van der Waals surface area contributed by atoms with Crippen LogP contribution in [0.5, 0.6) is 0 Å². The van der Waals surface area contributed by atoms with Gasteiger partial charge >= 0.3 is 0 Å². The highest BCUT2D eigenvalue weighted by atomic mass is 16.3. The summed E-state index contributed by atoms with van der Waals surface area (Å²) in [6.45, 7) is 0. The number of nitrogens with zero attached hydrogens (tertiary/aromatic N) is 1. The monoisotopic (exact) mass is 675 g/mol. The molecule has 1 heterocycles. The Morgan fingerprint density at radius 1 is 0.340 bits per heavy atom. The van der Waals surface area contributed by atoms with Crippen molar-refractivity contribution >= 4 is 60.5 Å². The number of benzene rings is 9. The summed E-state index contributed by atoms with van der Waals surface area (Å²) in [5.74, 6) is 0. The van der Waals surface area contributed by atoms with Gasteiger partial charge in [-0.1, -0.05) is 146 Å². The molecule has 0 fully saturated rings. The van der Waals surface area contributed by atoms with Crippen molar-refractivity contribution in [3.05, 3.63) is 222 Å². The molecule has 1 aromatic heterocycles. The first-order valence-corrected chi connectivity index (χ1v) is 18.3. The molecule has 0 unspecified atom stereocenters. The van der Waals surface area contributed by atoms with Crippen LogP contribution < -0.4 is 4.90 Å². The molecule has 0 saturated heterocycles. The second kappa shape index (κ2) is 11.6. The van der Waals surface area contributed by atoms with Crippen LogP contribution in [0, 0.1) is 0 Å². The van der Waals surface area contributed by atoms with Crippen molar-refractivity contribution in [2.24, 2.45) is 0 Å². The highest BCUT2D eigenvalue weighted by Gasteiger charge is 2.46. The number of anilines is 3. The minimum atomic E-state index is -0.481. The number of rotatable bonds is 5. The van der Waals surface area contributed by atoms with Crippen molar-refractivity contribution < 1.29 is 4.42 Å². The Morgan fingerprint density at radius 2 is 0.925 bits per heavy atom. The maximum atomic E-state index is 6.28. The van der Waals surface area contributed by atoms with E-state index in [1.165, 1.54) is 54.9 Å². The van der Waals surface area contributed by atoms with Crippen LogP contribution >= 0.6 is 0 Å². The third kappa shape index (κ3) is 4.39. The van der Waals surface area contributed by atoms with Gasteiger partial charge in [0.2, 0.25) is 0 Å². The lowest BCUT2D eigenvalue weighted by Crippen LogP contribution is -2.28. The van der Waals surface area contributed by atoms with Gasteiger partial charge in [0.05, 0.1) is 5.41 Å². The standard InChI is InChI=1S/C51H33NO/c1-4-14-36(15-5-1)51(37-16-6-2-7-17-37)47-22-12-10-20-41(47)42-29-28-40(32-48(42)51)52(38-18-8-3-9-19-38)39-27-26-34-24-25-35-30-50-46(33-45(35)44(34)31-39)43-21-11-13-23-49(43)53-50/h1-33H. The van der Waals surface area contributed by atoms with Gasteiger partial charge in [-0.3, -0.25) is 0 Å². The summed E-state index contributed by atoms with van der Waals surface area (Å²) in [5.41, 5.74) is 12.3. The Kier molecular flexibility index (Phi) is 6.50. The Morgan fingerprint density at radius 3 is 1.72 bits per heavy atom. The second-order valence-electron chi connectivity index (χ2n) is 14.1. The van der Waals surface area contributed by atoms with E-state index in [1.54, 1.807) is 0 Å². The van der Waals surface area contributed by atoms with Gasteiger partial charge in [-0.15, -0.1) is 0 Å². The van der Waals surface area contributed by atoms with Gasteiger partial charge < -0.3 is 9.32 Å². The van der Waals surface area contributed by atoms with Gasteiger partial charge in [0.25, 0.3) is 0 Å². The van der Waals surface area contributed by atoms with E-state index in [9.17, 15) is 0 Å². The van der Waals surface area contributed by atoms with Gasteiger partial charge in [0, 0.05) is 27.8 Å². The van der Waals surface area contributed by atoms with E-state index in [2.05, 4.69) is 193 Å². The molecule has 53 heavy (non-hydrogen) atoms. The molecule has 0 bridgehead atoms. The van der Waals surface area contributed by atoms with Crippen molar-refractivity contribution in [3.63, 3.8) is 0 Å². The van der Waals surface area contributed by atoms with Crippen LogP contribution in [0.3, 0.4) is 0 Å². The average molecular weight is 676 g/mol. The molecule has 10 aromatic rings. The molecule has 2 nitrogen and oxygen atoms in total. The Balaban J connectivity index is 1.17. The number of furan rings is 1. The SMILES string of the molecule is c1ccc(N(c2ccc3c(c2)C(c2ccccc2)(c2ccccc2)c2ccccc2-3)c2ccc3ccc4cc5oc6ccccc6c5cc4c3c2)cc1. The van der Waals surface area contributed by atoms with Crippen molar-refractivity contribution in [3.8, 4) is 11.1 Å². The van der Waals surface area contributed by atoms with Crippen LogP contribution in [0.4, 0.5) is 17.1 Å². The maximum absolute atomic E-state index is 6.28. The summed E-state index contributed by atoms with van der Waals surface area (Å²) in [6, 6.07) is 73.0. The lowest BCUT2D eigenvalue weighted by Gasteiger charge is -2.35. The molecule has 0 radical (unpaired) electrons. The fourth-order valence-electron chi connectivity index (χ4n) is 9.00. The van der Waals surface area contributed by atoms with Crippen LogP contribution in [-0.4, -0.2) is 0 Å². The quantitative estimate of drug-likeness (QED) is 0.169. The molecule has 1 aliphatic rings. The van der Waals surface area contributed by atoms with Crippen molar-refractivity contribution in [1.82, 2.24) is 0 Å². The van der Waals surface area contributed by atoms with E-state index in [4.69, 9.17) is 4.42 Å². The molecule has 1 aliphatic carbocycles. The molecule has 0 N–H and O–H groups in total. The summed E-state index contributed by atoms with van der Waals surface area (Å²) in [4.78, 5) is 2.41. The molecular weight excluding hydrogens is 643 g/mol. The van der Waals surface area contributed by atoms with Crippen LogP contribution in [-0.2, 0) is 5.41 Å². The number of para-hydroxylation sites is 2. The second-order valence-corrected chi connectivity index (χ2v) is 14.1. The molecule has 2 heteroatoms. The summed E-state index contributed by atoms with van der Waals surface area (Å²) < 4.78 is 6.28. The minimum absolute atomic E-state index is 0.481. The molecule has 11 rings (SSSR count). The summed E-state index contributed by atoms with van der Waals surface area (Å²) >= 11 is 0. The normalized spacial score (nSPS) is 13.1. The fourth-order valence-corrected chi connectivity index (χ4v) is 9.00. The van der Waals surface area contributed by atoms with Crippen molar-refractivity contribution in [1.29, 1.82) is 0 Å². The lowest BCUT2D eigenvalue weighted by molar-refractivity contribution is 0.669.